The molecular formula is C18H18ClNO4S. The smallest absolute Gasteiger partial charge is 0.328 e. The summed E-state index contributed by atoms with van der Waals surface area (Å²) >= 11 is 5.90. The first-order valence-electron chi connectivity index (χ1n) is 7.84. The fraction of sp³-hybridized carbons (Fsp3) is 0.278. The number of hydrogen-bond acceptors (Lipinski definition) is 5. The molecule has 0 heterocycles. The molecule has 1 saturated carbocycles. The van der Waals surface area contributed by atoms with Gasteiger partial charge in [-0.2, -0.15) is 0 Å². The maximum Gasteiger partial charge on any atom is 0.328 e. The molecular weight excluding hydrogens is 362 g/mol. The molecule has 1 fully saturated rings. The highest BCUT2D eigenvalue weighted by molar-refractivity contribution is 7.92. The maximum absolute atomic E-state index is 13.1. The molecule has 0 bridgehead atoms. The summed E-state index contributed by atoms with van der Waals surface area (Å²) in [4.78, 5) is 12.6. The number of carbonyl (C=O) groups is 1. The minimum atomic E-state index is -3.80. The van der Waals surface area contributed by atoms with Crippen molar-refractivity contribution >= 4 is 27.4 Å². The van der Waals surface area contributed by atoms with Crippen LogP contribution < -0.4 is 5.73 Å². The molecule has 0 unspecified atom stereocenters. The van der Waals surface area contributed by atoms with Gasteiger partial charge < -0.3 is 10.5 Å². The van der Waals surface area contributed by atoms with Gasteiger partial charge >= 0.3 is 5.97 Å². The first-order chi connectivity index (χ1) is 11.8. The molecule has 2 N–H and O–H groups in total. The third-order valence-electron chi connectivity index (χ3n) is 4.44. The van der Waals surface area contributed by atoms with Crippen molar-refractivity contribution in [3.05, 3.63) is 65.2 Å². The Hall–Kier alpha value is -1.89. The second-order valence-electron chi connectivity index (χ2n) is 5.96. The predicted octanol–water partition coefficient (Wildman–Crippen LogP) is 2.54. The Balaban J connectivity index is 2.06. The monoisotopic (exact) mass is 379 g/mol. The molecule has 3 rings (SSSR count). The largest absolute Gasteiger partial charge is 0.465 e. The summed E-state index contributed by atoms with van der Waals surface area (Å²) in [5.74, 6) is -1.39. The fourth-order valence-corrected chi connectivity index (χ4v) is 5.56. The molecule has 7 heteroatoms. The number of hydrogen-bond donors (Lipinski definition) is 1. The van der Waals surface area contributed by atoms with E-state index in [-0.39, 0.29) is 11.5 Å². The second-order valence-corrected chi connectivity index (χ2v) is 8.47. The summed E-state index contributed by atoms with van der Waals surface area (Å²) in [5, 5.41) is -0.562. The molecule has 0 aliphatic heterocycles. The zero-order valence-electron chi connectivity index (χ0n) is 13.6. The van der Waals surface area contributed by atoms with Crippen molar-refractivity contribution in [3.8, 4) is 0 Å². The Morgan fingerprint density at radius 1 is 1.16 bits per heavy atom. The molecule has 3 atom stereocenters. The number of esters is 1. The first kappa shape index (κ1) is 17.9. The molecule has 1 aliphatic rings. The number of sulfone groups is 1. The minimum absolute atomic E-state index is 0.128. The number of ether oxygens (including phenoxy) is 1. The van der Waals surface area contributed by atoms with E-state index in [9.17, 15) is 13.2 Å². The van der Waals surface area contributed by atoms with E-state index in [0.717, 1.165) is 0 Å². The number of benzene rings is 2. The standard InChI is InChI=1S/C18H18ClNO4S/c1-2-24-17(21)18(20)15(12-8-10-13(19)11-9-12)16(18)25(22,23)14-6-4-3-5-7-14/h3-11,15-16H,2,20H2,1H3/t15-,16-,18+/m1/s1. The number of carbonyl (C=O) groups excluding carboxylic acids is 1. The summed E-state index contributed by atoms with van der Waals surface area (Å²) in [7, 11) is -3.80. The lowest BCUT2D eigenvalue weighted by molar-refractivity contribution is -0.145. The number of halogens is 1. The quantitative estimate of drug-likeness (QED) is 0.807. The highest BCUT2D eigenvalue weighted by Crippen LogP contribution is 2.56. The summed E-state index contributed by atoms with van der Waals surface area (Å²) < 4.78 is 31.2. The van der Waals surface area contributed by atoms with Gasteiger partial charge in [0.05, 0.1) is 11.5 Å². The van der Waals surface area contributed by atoms with Crippen LogP contribution in [0.2, 0.25) is 5.02 Å². The molecule has 2 aromatic carbocycles. The van der Waals surface area contributed by atoms with Crippen molar-refractivity contribution in [3.63, 3.8) is 0 Å². The van der Waals surface area contributed by atoms with Gasteiger partial charge in [0.1, 0.15) is 10.8 Å². The normalized spacial score (nSPS) is 25.4. The average Bonchev–Trinajstić information content (AvgIpc) is 3.25. The van der Waals surface area contributed by atoms with Gasteiger partial charge in [-0.25, -0.2) is 13.2 Å². The van der Waals surface area contributed by atoms with Gasteiger partial charge in [-0.3, -0.25) is 0 Å². The van der Waals surface area contributed by atoms with E-state index >= 15 is 0 Å². The summed E-state index contributed by atoms with van der Waals surface area (Å²) in [6, 6.07) is 14.7. The van der Waals surface area contributed by atoms with Crippen LogP contribution in [0, 0.1) is 0 Å². The van der Waals surface area contributed by atoms with Crippen molar-refractivity contribution in [2.24, 2.45) is 5.73 Å². The lowest BCUT2D eigenvalue weighted by Gasteiger charge is -2.11. The van der Waals surface area contributed by atoms with Crippen LogP contribution in [-0.4, -0.2) is 31.8 Å². The van der Waals surface area contributed by atoms with Crippen LogP contribution in [0.4, 0.5) is 0 Å². The average molecular weight is 380 g/mol. The molecule has 25 heavy (non-hydrogen) atoms. The Labute approximate surface area is 151 Å². The van der Waals surface area contributed by atoms with Crippen molar-refractivity contribution in [2.45, 2.75) is 28.5 Å². The highest BCUT2D eigenvalue weighted by Gasteiger charge is 2.74. The molecule has 0 radical (unpaired) electrons. The van der Waals surface area contributed by atoms with E-state index in [2.05, 4.69) is 0 Å². The third-order valence-corrected chi connectivity index (χ3v) is 6.96. The Kier molecular flexibility index (Phi) is 4.62. The molecule has 132 valence electrons. The zero-order valence-corrected chi connectivity index (χ0v) is 15.1. The highest BCUT2D eigenvalue weighted by atomic mass is 35.5. The number of rotatable bonds is 5. The third kappa shape index (κ3) is 2.94. The van der Waals surface area contributed by atoms with Crippen LogP contribution in [0.25, 0.3) is 0 Å². The van der Waals surface area contributed by atoms with Crippen LogP contribution in [0.5, 0.6) is 0 Å². The van der Waals surface area contributed by atoms with Crippen molar-refractivity contribution < 1.29 is 17.9 Å². The summed E-state index contributed by atoms with van der Waals surface area (Å²) in [6.45, 7) is 1.78. The molecule has 5 nitrogen and oxygen atoms in total. The molecule has 1 aliphatic carbocycles. The molecule has 0 aromatic heterocycles. The SMILES string of the molecule is CCOC(=O)[C@]1(N)[C@H](c2ccc(Cl)cc2)[C@H]1S(=O)(=O)c1ccccc1. The van der Waals surface area contributed by atoms with Crippen LogP contribution in [-0.2, 0) is 19.4 Å². The molecule has 2 aromatic rings. The Morgan fingerprint density at radius 3 is 2.32 bits per heavy atom. The van der Waals surface area contributed by atoms with Crippen molar-refractivity contribution in [2.75, 3.05) is 6.61 Å². The van der Waals surface area contributed by atoms with Crippen LogP contribution in [0.1, 0.15) is 18.4 Å². The van der Waals surface area contributed by atoms with E-state index in [1.807, 2.05) is 0 Å². The maximum atomic E-state index is 13.1. The molecule has 0 saturated heterocycles. The van der Waals surface area contributed by atoms with Gasteiger partial charge in [-0.15, -0.1) is 0 Å². The van der Waals surface area contributed by atoms with E-state index in [4.69, 9.17) is 22.1 Å². The van der Waals surface area contributed by atoms with E-state index < -0.39 is 32.5 Å². The lowest BCUT2D eigenvalue weighted by Crippen LogP contribution is -2.41. The van der Waals surface area contributed by atoms with E-state index in [1.165, 1.54) is 12.1 Å². The molecule has 0 amide bonds. The fourth-order valence-electron chi connectivity index (χ4n) is 3.19. The van der Waals surface area contributed by atoms with Crippen LogP contribution >= 0.6 is 11.6 Å². The van der Waals surface area contributed by atoms with Gasteiger partial charge in [-0.05, 0) is 36.8 Å². The Bertz CT molecular complexity index is 883. The summed E-state index contributed by atoms with van der Waals surface area (Å²) in [6.07, 6.45) is 0. The van der Waals surface area contributed by atoms with E-state index in [1.54, 1.807) is 49.4 Å². The molecule has 0 spiro atoms. The topological polar surface area (TPSA) is 86.5 Å². The summed E-state index contributed by atoms with van der Waals surface area (Å²) in [5.41, 5.74) is 5.30. The lowest BCUT2D eigenvalue weighted by atomic mass is 10.1. The number of nitrogens with two attached hydrogens (primary N) is 1. The van der Waals surface area contributed by atoms with Gasteiger partial charge in [0.15, 0.2) is 9.84 Å². The second kappa shape index (κ2) is 6.44. The Morgan fingerprint density at radius 2 is 1.76 bits per heavy atom. The zero-order chi connectivity index (χ0) is 18.2. The van der Waals surface area contributed by atoms with Crippen LogP contribution in [0.15, 0.2) is 59.5 Å². The predicted molar refractivity (Wildman–Crippen MR) is 95.2 cm³/mol. The van der Waals surface area contributed by atoms with Gasteiger partial charge in [0.2, 0.25) is 0 Å². The van der Waals surface area contributed by atoms with Crippen molar-refractivity contribution in [1.29, 1.82) is 0 Å². The van der Waals surface area contributed by atoms with Gasteiger partial charge in [-0.1, -0.05) is 41.9 Å². The van der Waals surface area contributed by atoms with Crippen molar-refractivity contribution in [1.82, 2.24) is 0 Å². The van der Waals surface area contributed by atoms with Gasteiger partial charge in [0.25, 0.3) is 0 Å². The minimum Gasteiger partial charge on any atom is -0.465 e. The van der Waals surface area contributed by atoms with E-state index in [0.29, 0.717) is 10.6 Å². The first-order valence-corrected chi connectivity index (χ1v) is 9.76. The van der Waals surface area contributed by atoms with Gasteiger partial charge in [0, 0.05) is 10.9 Å². The van der Waals surface area contributed by atoms with Crippen LogP contribution in [0.3, 0.4) is 0 Å².